The number of rotatable bonds is 0. The molecule has 28 heavy (non-hydrogen) atoms. The van der Waals surface area contributed by atoms with E-state index < -0.39 is 0 Å². The quantitative estimate of drug-likeness (QED) is 0.187. The van der Waals surface area contributed by atoms with Crippen molar-refractivity contribution in [2.75, 3.05) is 0 Å². The van der Waals surface area contributed by atoms with E-state index in [1.165, 1.54) is 78.3 Å². The van der Waals surface area contributed by atoms with Crippen molar-refractivity contribution in [2.45, 2.75) is 41.5 Å². The van der Waals surface area contributed by atoms with Crippen LogP contribution in [0.4, 0.5) is 0 Å². The molecular formula is C26H32SiZr-4. The van der Waals surface area contributed by atoms with Crippen LogP contribution in [0.3, 0.4) is 0 Å². The van der Waals surface area contributed by atoms with Crippen molar-refractivity contribution in [3.05, 3.63) is 96.8 Å². The fourth-order valence-electron chi connectivity index (χ4n) is 3.29. The first-order valence-electron chi connectivity index (χ1n) is 8.87. The number of aryl methyl sites for hydroxylation is 6. The van der Waals surface area contributed by atoms with Crippen LogP contribution < -0.4 is 0 Å². The Morgan fingerprint density at radius 1 is 0.536 bits per heavy atom. The second-order valence-electron chi connectivity index (χ2n) is 7.20. The predicted octanol–water partition coefficient (Wildman–Crippen LogP) is 7.49. The fourth-order valence-corrected chi connectivity index (χ4v) is 3.29. The summed E-state index contributed by atoms with van der Waals surface area (Å²) in [6, 6.07) is 18.0. The van der Waals surface area contributed by atoms with Crippen LogP contribution in [0.5, 0.6) is 0 Å². The van der Waals surface area contributed by atoms with Gasteiger partial charge in [0.05, 0.1) is 0 Å². The van der Waals surface area contributed by atoms with Crippen LogP contribution in [-0.2, 0) is 23.3 Å². The van der Waals surface area contributed by atoms with Gasteiger partial charge in [-0.1, -0.05) is 36.1 Å². The summed E-state index contributed by atoms with van der Waals surface area (Å²) in [5.41, 5.74) is 8.24. The molecule has 0 atom stereocenters. The van der Waals surface area contributed by atoms with E-state index in [4.69, 9.17) is 0 Å². The van der Waals surface area contributed by atoms with E-state index in [2.05, 4.69) is 97.0 Å². The Morgan fingerprint density at radius 3 is 1.14 bits per heavy atom. The van der Waals surface area contributed by atoms with Crippen molar-refractivity contribution in [3.63, 3.8) is 0 Å². The molecule has 0 aliphatic rings. The maximum absolute atomic E-state index is 3.06. The van der Waals surface area contributed by atoms with Gasteiger partial charge in [0.25, 0.3) is 0 Å². The summed E-state index contributed by atoms with van der Waals surface area (Å²) in [6.45, 7) is 16.0. The molecule has 0 saturated heterocycles. The maximum atomic E-state index is 3.06. The third-order valence-corrected chi connectivity index (χ3v) is 4.93. The Hall–Kier alpha value is -1.24. The van der Waals surface area contributed by atoms with E-state index in [0.717, 1.165) is 0 Å². The summed E-state index contributed by atoms with van der Waals surface area (Å²) in [5.74, 6) is 0. The van der Waals surface area contributed by atoms with Gasteiger partial charge in [0.2, 0.25) is 0 Å². The molecule has 0 amide bonds. The van der Waals surface area contributed by atoms with Crippen LogP contribution in [0.15, 0.2) is 48.5 Å². The van der Waals surface area contributed by atoms with Crippen LogP contribution in [0.1, 0.15) is 33.4 Å². The van der Waals surface area contributed by atoms with Gasteiger partial charge in [0.1, 0.15) is 0 Å². The minimum absolute atomic E-state index is 0. The van der Waals surface area contributed by atoms with Crippen LogP contribution in [0, 0.1) is 56.4 Å². The zero-order valence-corrected chi connectivity index (χ0v) is 22.1. The molecule has 0 N–H and O–H groups in total. The molecule has 2 radical (unpaired) electrons. The van der Waals surface area contributed by atoms with Crippen molar-refractivity contribution in [1.29, 1.82) is 0 Å². The summed E-state index contributed by atoms with van der Waals surface area (Å²) in [5, 5.41) is 5.48. The SMILES string of the molecule is Cc1cc2cc(C)c(C)cc2[cH-]1.Cc1cc2cc(C)c(C)cc2[cH-]1.[CH3-].[CH3-].[Si]=[Zr]. The molecule has 0 spiro atoms. The second kappa shape index (κ2) is 11.7. The Morgan fingerprint density at radius 2 is 0.821 bits per heavy atom. The number of hydrogen-bond acceptors (Lipinski definition) is 0. The molecule has 4 rings (SSSR count). The molecule has 0 heterocycles. The summed E-state index contributed by atoms with van der Waals surface area (Å²) in [6.07, 6.45) is 0. The molecule has 0 nitrogen and oxygen atoms in total. The first-order chi connectivity index (χ1) is 12.3. The van der Waals surface area contributed by atoms with Crippen LogP contribution in [0.25, 0.3) is 21.5 Å². The van der Waals surface area contributed by atoms with Crippen LogP contribution in [-0.4, -0.2) is 6.88 Å². The van der Waals surface area contributed by atoms with Gasteiger partial charge >= 0.3 is 30.2 Å². The normalized spacial score (nSPS) is 9.46. The number of benzene rings is 2. The van der Waals surface area contributed by atoms with E-state index in [1.54, 1.807) is 0 Å². The predicted molar refractivity (Wildman–Crippen MR) is 126 cm³/mol. The van der Waals surface area contributed by atoms with Crippen molar-refractivity contribution < 1.29 is 23.3 Å². The van der Waals surface area contributed by atoms with Crippen molar-refractivity contribution in [1.82, 2.24) is 0 Å². The Labute approximate surface area is 189 Å². The van der Waals surface area contributed by atoms with E-state index in [1.807, 2.05) is 0 Å². The third kappa shape index (κ3) is 6.39. The Balaban J connectivity index is 0.000000449. The van der Waals surface area contributed by atoms with Gasteiger partial charge in [-0.15, -0.1) is 69.1 Å². The number of fused-ring (bicyclic) bond motifs is 2. The molecule has 0 aliphatic carbocycles. The van der Waals surface area contributed by atoms with E-state index in [-0.39, 0.29) is 14.9 Å². The summed E-state index contributed by atoms with van der Waals surface area (Å²) in [7, 11) is 0. The molecule has 0 aliphatic heterocycles. The molecule has 0 bridgehead atoms. The minimum atomic E-state index is 0. The Kier molecular flexibility index (Phi) is 11.2. The van der Waals surface area contributed by atoms with Crippen molar-refractivity contribution in [2.24, 2.45) is 0 Å². The van der Waals surface area contributed by atoms with Crippen LogP contribution >= 0.6 is 0 Å². The molecular weight excluding hydrogens is 432 g/mol. The van der Waals surface area contributed by atoms with Gasteiger partial charge in [-0.2, -0.15) is 12.1 Å². The summed E-state index contributed by atoms with van der Waals surface area (Å²) >= 11 is 1.36. The monoisotopic (exact) mass is 462 g/mol. The van der Waals surface area contributed by atoms with Gasteiger partial charge in [0.15, 0.2) is 0 Å². The van der Waals surface area contributed by atoms with E-state index in [0.29, 0.717) is 0 Å². The van der Waals surface area contributed by atoms with Crippen LogP contribution in [0.2, 0.25) is 0 Å². The molecule has 4 aromatic carbocycles. The zero-order chi connectivity index (χ0) is 19.4. The number of hydrogen-bond donors (Lipinski definition) is 0. The van der Waals surface area contributed by atoms with E-state index >= 15 is 0 Å². The molecule has 148 valence electrons. The summed E-state index contributed by atoms with van der Waals surface area (Å²) < 4.78 is 0. The fraction of sp³-hybridized carbons (Fsp3) is 0.231. The second-order valence-corrected chi connectivity index (χ2v) is 7.20. The first-order valence-corrected chi connectivity index (χ1v) is 13.1. The van der Waals surface area contributed by atoms with Crippen molar-refractivity contribution in [3.8, 4) is 0 Å². The van der Waals surface area contributed by atoms with E-state index in [9.17, 15) is 0 Å². The van der Waals surface area contributed by atoms with Gasteiger partial charge in [-0.25, -0.2) is 0 Å². The Bertz CT molecular complexity index is 872. The first kappa shape index (κ1) is 26.8. The van der Waals surface area contributed by atoms with Gasteiger partial charge in [-0.05, 0) is 27.7 Å². The average Bonchev–Trinajstić information content (AvgIpc) is 3.11. The van der Waals surface area contributed by atoms with Gasteiger partial charge < -0.3 is 14.9 Å². The van der Waals surface area contributed by atoms with Gasteiger partial charge in [-0.3, -0.25) is 0 Å². The molecule has 0 unspecified atom stereocenters. The zero-order valence-electron chi connectivity index (χ0n) is 18.6. The average molecular weight is 464 g/mol. The molecule has 0 aromatic heterocycles. The summed E-state index contributed by atoms with van der Waals surface area (Å²) in [4.78, 5) is 0. The molecule has 4 aromatic rings. The topological polar surface area (TPSA) is 0 Å². The third-order valence-electron chi connectivity index (χ3n) is 4.93. The molecule has 0 saturated carbocycles. The molecule has 2 heteroatoms. The van der Waals surface area contributed by atoms with Gasteiger partial charge in [0, 0.05) is 0 Å². The molecule has 0 fully saturated rings. The standard InChI is InChI=1S/2C12H13.2CH3.Si.Zr/c2*1-8-4-11-6-9(2)10(3)7-12(11)5-8;;;;/h2*4-7H,1-3H3;2*1H3;;/q4*-1;;. The van der Waals surface area contributed by atoms with Crippen molar-refractivity contribution >= 4 is 28.4 Å².